The van der Waals surface area contributed by atoms with Crippen LogP contribution in [0.3, 0.4) is 0 Å². The Labute approximate surface area is 206 Å². The molecule has 0 fully saturated rings. The third kappa shape index (κ3) is 7.76. The van der Waals surface area contributed by atoms with Gasteiger partial charge in [-0.2, -0.15) is 8.42 Å². The van der Waals surface area contributed by atoms with Crippen LogP contribution in [0.1, 0.15) is 37.7 Å². The van der Waals surface area contributed by atoms with E-state index < -0.39 is 10.2 Å². The maximum Gasteiger partial charge on any atom is 0.323 e. The van der Waals surface area contributed by atoms with Crippen LogP contribution in [0.4, 0.5) is 11.4 Å². The lowest BCUT2D eigenvalue weighted by Gasteiger charge is -2.31. The first-order chi connectivity index (χ1) is 15.9. The summed E-state index contributed by atoms with van der Waals surface area (Å²) in [6, 6.07) is 12.8. The molecule has 0 saturated carbocycles. The van der Waals surface area contributed by atoms with Crippen LogP contribution in [-0.2, 0) is 16.6 Å². The van der Waals surface area contributed by atoms with Crippen LogP contribution in [0.5, 0.6) is 5.75 Å². The summed E-state index contributed by atoms with van der Waals surface area (Å²) in [7, 11) is -1.58. The molecule has 6 nitrogen and oxygen atoms in total. The van der Waals surface area contributed by atoms with Crippen molar-refractivity contribution in [3.63, 3.8) is 0 Å². The normalized spacial score (nSPS) is 13.6. The molecule has 0 bridgehead atoms. The summed E-state index contributed by atoms with van der Waals surface area (Å²) in [4.78, 5) is 2.27. The zero-order valence-electron chi connectivity index (χ0n) is 19.3. The van der Waals surface area contributed by atoms with E-state index in [0.717, 1.165) is 60.2 Å². The summed E-state index contributed by atoms with van der Waals surface area (Å²) < 4.78 is 37.1. The van der Waals surface area contributed by atoms with E-state index in [2.05, 4.69) is 39.2 Å². The van der Waals surface area contributed by atoms with Gasteiger partial charge in [0, 0.05) is 17.6 Å². The number of likely N-dealkylation sites (N-methyl/N-ethyl adjacent to an activating group) is 1. The largest absolute Gasteiger partial charge is 0.494 e. The van der Waals surface area contributed by atoms with Crippen LogP contribution < -0.4 is 13.8 Å². The van der Waals surface area contributed by atoms with Gasteiger partial charge in [-0.25, -0.2) is 0 Å². The Balaban J connectivity index is 1.51. The van der Waals surface area contributed by atoms with E-state index in [-0.39, 0.29) is 0 Å². The van der Waals surface area contributed by atoms with E-state index in [4.69, 9.17) is 4.74 Å². The maximum absolute atomic E-state index is 13.0. The van der Waals surface area contributed by atoms with E-state index in [1.54, 1.807) is 12.1 Å². The lowest BCUT2D eigenvalue weighted by molar-refractivity contribution is 0.300. The smallest absolute Gasteiger partial charge is 0.323 e. The minimum atomic E-state index is -3.70. The summed E-state index contributed by atoms with van der Waals surface area (Å²) in [5, 5.41) is 0. The van der Waals surface area contributed by atoms with Crippen LogP contribution in [0.2, 0.25) is 0 Å². The average molecular weight is 537 g/mol. The maximum atomic E-state index is 13.0. The molecule has 0 aliphatic carbocycles. The number of halogens is 1. The fraction of sp³-hybridized carbons (Fsp3) is 0.440. The van der Waals surface area contributed by atoms with Crippen LogP contribution in [0.25, 0.3) is 0 Å². The second kappa shape index (κ2) is 12.4. The van der Waals surface area contributed by atoms with Crippen molar-refractivity contribution in [3.05, 3.63) is 65.2 Å². The molecule has 1 aliphatic heterocycles. The molecule has 3 rings (SSSR count). The third-order valence-corrected chi connectivity index (χ3v) is 7.63. The molecular weight excluding hydrogens is 502 g/mol. The number of nitrogens with one attached hydrogen (secondary N) is 1. The first-order valence-electron chi connectivity index (χ1n) is 11.5. The first-order valence-corrected chi connectivity index (χ1v) is 13.7. The predicted octanol–water partition coefficient (Wildman–Crippen LogP) is 5.62. The molecule has 180 valence electrons. The van der Waals surface area contributed by atoms with Crippen LogP contribution in [0, 0.1) is 0 Å². The van der Waals surface area contributed by atoms with Crippen molar-refractivity contribution in [1.82, 2.24) is 4.90 Å². The van der Waals surface area contributed by atoms with Crippen molar-refractivity contribution < 1.29 is 13.2 Å². The van der Waals surface area contributed by atoms with Gasteiger partial charge in [0.25, 0.3) is 0 Å². The number of fused-ring (bicyclic) bond motifs is 1. The van der Waals surface area contributed by atoms with Gasteiger partial charge in [-0.15, -0.1) is 6.58 Å². The van der Waals surface area contributed by atoms with Crippen LogP contribution >= 0.6 is 15.9 Å². The third-order valence-electron chi connectivity index (χ3n) is 5.65. The van der Waals surface area contributed by atoms with Gasteiger partial charge in [-0.3, -0.25) is 9.03 Å². The molecule has 1 heterocycles. The standard InChI is InChI=1S/C25H34BrN3O3S/c1-3-16-28(2)17-6-4-5-7-19-32-24-14-15-25-21(20-24)9-8-18-29(25)33(30,31)27-23-12-10-22(26)11-13-23/h3,10-15,20,27H,1,4-9,16-19H2,2H3. The van der Waals surface area contributed by atoms with Crippen molar-refractivity contribution in [3.8, 4) is 5.75 Å². The number of anilines is 2. The molecule has 1 aliphatic rings. The van der Waals surface area contributed by atoms with Gasteiger partial charge in [-0.05, 0) is 87.3 Å². The van der Waals surface area contributed by atoms with Gasteiger partial charge in [-0.1, -0.05) is 34.8 Å². The Morgan fingerprint density at radius 3 is 2.67 bits per heavy atom. The Morgan fingerprint density at radius 1 is 1.15 bits per heavy atom. The highest BCUT2D eigenvalue weighted by Gasteiger charge is 2.27. The summed E-state index contributed by atoms with van der Waals surface area (Å²) in [5.74, 6) is 0.805. The van der Waals surface area contributed by atoms with Gasteiger partial charge in [0.2, 0.25) is 0 Å². The molecule has 0 radical (unpaired) electrons. The highest BCUT2D eigenvalue weighted by Crippen LogP contribution is 2.33. The lowest BCUT2D eigenvalue weighted by atomic mass is 10.0. The van der Waals surface area contributed by atoms with Crippen LogP contribution in [-0.4, -0.2) is 46.6 Å². The fourth-order valence-corrected chi connectivity index (χ4v) is 5.55. The molecule has 0 spiro atoms. The minimum absolute atomic E-state index is 0.459. The molecular formula is C25H34BrN3O3S. The molecule has 33 heavy (non-hydrogen) atoms. The molecule has 2 aromatic rings. The molecule has 0 amide bonds. The van der Waals surface area contributed by atoms with Gasteiger partial charge >= 0.3 is 10.2 Å². The van der Waals surface area contributed by atoms with Gasteiger partial charge in [0.1, 0.15) is 5.75 Å². The minimum Gasteiger partial charge on any atom is -0.494 e. The second-order valence-electron chi connectivity index (χ2n) is 8.39. The zero-order chi connectivity index (χ0) is 23.7. The summed E-state index contributed by atoms with van der Waals surface area (Å²) in [5.41, 5.74) is 2.27. The Morgan fingerprint density at radius 2 is 1.91 bits per heavy atom. The van der Waals surface area contributed by atoms with Gasteiger partial charge in [0.15, 0.2) is 0 Å². The molecule has 2 aromatic carbocycles. The highest BCUT2D eigenvalue weighted by molar-refractivity contribution is 9.10. The average Bonchev–Trinajstić information content (AvgIpc) is 2.79. The fourth-order valence-electron chi connectivity index (χ4n) is 3.94. The van der Waals surface area contributed by atoms with Crippen molar-refractivity contribution in [2.45, 2.75) is 38.5 Å². The summed E-state index contributed by atoms with van der Waals surface area (Å²) in [6.07, 6.45) is 8.07. The highest BCUT2D eigenvalue weighted by atomic mass is 79.9. The summed E-state index contributed by atoms with van der Waals surface area (Å²) in [6.45, 7) is 6.92. The van der Waals surface area contributed by atoms with Crippen molar-refractivity contribution in [2.75, 3.05) is 42.3 Å². The molecule has 1 N–H and O–H groups in total. The van der Waals surface area contributed by atoms with Gasteiger partial charge in [0.05, 0.1) is 18.0 Å². The predicted molar refractivity (Wildman–Crippen MR) is 140 cm³/mol. The van der Waals surface area contributed by atoms with Crippen molar-refractivity contribution in [2.24, 2.45) is 0 Å². The Hall–Kier alpha value is -2.03. The number of hydrogen-bond donors (Lipinski definition) is 1. The van der Waals surface area contributed by atoms with E-state index in [1.807, 2.05) is 36.4 Å². The molecule has 0 saturated heterocycles. The monoisotopic (exact) mass is 535 g/mol. The van der Waals surface area contributed by atoms with E-state index in [1.165, 1.54) is 17.1 Å². The quantitative estimate of drug-likeness (QED) is 0.267. The second-order valence-corrected chi connectivity index (χ2v) is 10.9. The van der Waals surface area contributed by atoms with Crippen molar-refractivity contribution in [1.29, 1.82) is 0 Å². The number of ether oxygens (including phenoxy) is 1. The van der Waals surface area contributed by atoms with Gasteiger partial charge < -0.3 is 9.64 Å². The number of unbranched alkanes of at least 4 members (excludes halogenated alkanes) is 3. The van der Waals surface area contributed by atoms with Crippen molar-refractivity contribution >= 4 is 37.5 Å². The summed E-state index contributed by atoms with van der Waals surface area (Å²) >= 11 is 3.37. The molecule has 8 heteroatoms. The SMILES string of the molecule is C=CCN(C)CCCCCCOc1ccc2c(c1)CCCN2S(=O)(=O)Nc1ccc(Br)cc1. The number of nitrogens with zero attached hydrogens (tertiary/aromatic N) is 2. The zero-order valence-corrected chi connectivity index (χ0v) is 21.7. The molecule has 0 unspecified atom stereocenters. The number of hydrogen-bond acceptors (Lipinski definition) is 4. The first kappa shape index (κ1) is 25.6. The number of aryl methyl sites for hydroxylation is 1. The Bertz CT molecular complexity index is 1010. The van der Waals surface area contributed by atoms with E-state index in [0.29, 0.717) is 18.8 Å². The van der Waals surface area contributed by atoms with Crippen LogP contribution in [0.15, 0.2) is 59.6 Å². The van der Waals surface area contributed by atoms with E-state index >= 15 is 0 Å². The molecule has 0 atom stereocenters. The van der Waals surface area contributed by atoms with E-state index in [9.17, 15) is 8.42 Å². The molecule has 0 aromatic heterocycles. The topological polar surface area (TPSA) is 61.9 Å². The lowest BCUT2D eigenvalue weighted by Crippen LogP contribution is -2.39. The number of rotatable bonds is 13. The number of benzene rings is 2. The Kier molecular flexibility index (Phi) is 9.64.